The maximum atomic E-state index is 12.4. The zero-order chi connectivity index (χ0) is 19.5. The number of hydrogen-bond donors (Lipinski definition) is 1. The highest BCUT2D eigenvalue weighted by atomic mass is 32.2. The lowest BCUT2D eigenvalue weighted by atomic mass is 10.1. The molecule has 0 aliphatic rings. The van der Waals surface area contributed by atoms with Gasteiger partial charge in [0, 0.05) is 16.9 Å². The smallest absolute Gasteiger partial charge is 0.236 e. The molecule has 3 heterocycles. The monoisotopic (exact) mass is 427 g/mol. The average Bonchev–Trinajstić information content (AvgIpc) is 3.34. The molecule has 4 aromatic rings. The maximum Gasteiger partial charge on any atom is 0.236 e. The normalized spacial score (nSPS) is 11.2. The van der Waals surface area contributed by atoms with Gasteiger partial charge in [-0.1, -0.05) is 67.3 Å². The molecular weight excluding hydrogens is 410 g/mol. The van der Waals surface area contributed by atoms with Gasteiger partial charge in [0.05, 0.1) is 11.1 Å². The van der Waals surface area contributed by atoms with E-state index in [1.54, 1.807) is 17.7 Å². The van der Waals surface area contributed by atoms with Gasteiger partial charge in [-0.05, 0) is 5.56 Å². The molecule has 4 rings (SSSR count). The number of carbonyl (C=O) groups is 1. The number of anilines is 1. The number of rotatable bonds is 6. The van der Waals surface area contributed by atoms with Gasteiger partial charge in [-0.15, -0.1) is 21.5 Å². The Morgan fingerprint density at radius 3 is 2.75 bits per heavy atom. The van der Waals surface area contributed by atoms with Gasteiger partial charge in [0.1, 0.15) is 21.2 Å². The van der Waals surface area contributed by atoms with E-state index in [1.165, 1.54) is 23.1 Å². The second-order valence-corrected chi connectivity index (χ2v) is 9.14. The summed E-state index contributed by atoms with van der Waals surface area (Å²) in [5, 5.41) is 16.3. The minimum Gasteiger partial charge on any atom is -0.300 e. The predicted octanol–water partition coefficient (Wildman–Crippen LogP) is 5.06. The first-order valence-electron chi connectivity index (χ1n) is 8.65. The molecule has 1 aromatic carbocycles. The molecule has 0 aliphatic carbocycles. The first kappa shape index (κ1) is 19.0. The number of fused-ring (bicyclic) bond motifs is 1. The van der Waals surface area contributed by atoms with Crippen molar-refractivity contribution in [2.45, 2.75) is 24.8 Å². The molecule has 0 aliphatic heterocycles. The molecular formula is C19H17N5OS3. The Bertz CT molecular complexity index is 1110. The highest BCUT2D eigenvalue weighted by Gasteiger charge is 2.15. The molecule has 0 atom stereocenters. The lowest BCUT2D eigenvalue weighted by Gasteiger charge is -2.05. The molecule has 0 saturated carbocycles. The lowest BCUT2D eigenvalue weighted by molar-refractivity contribution is -0.113. The largest absolute Gasteiger partial charge is 0.300 e. The van der Waals surface area contributed by atoms with Crippen molar-refractivity contribution in [3.8, 4) is 11.1 Å². The first-order chi connectivity index (χ1) is 13.6. The van der Waals surface area contributed by atoms with Gasteiger partial charge < -0.3 is 0 Å². The van der Waals surface area contributed by atoms with Crippen molar-refractivity contribution in [3.05, 3.63) is 47.0 Å². The summed E-state index contributed by atoms with van der Waals surface area (Å²) in [7, 11) is 0. The summed E-state index contributed by atoms with van der Waals surface area (Å²) in [6.45, 7) is 4.10. The van der Waals surface area contributed by atoms with Crippen LogP contribution in [0.2, 0.25) is 0 Å². The summed E-state index contributed by atoms with van der Waals surface area (Å²) < 4.78 is 0. The van der Waals surface area contributed by atoms with Crippen molar-refractivity contribution in [2.75, 3.05) is 11.1 Å². The summed E-state index contributed by atoms with van der Waals surface area (Å²) >= 11 is 4.39. The minimum atomic E-state index is -0.125. The Kier molecular flexibility index (Phi) is 5.65. The fourth-order valence-corrected chi connectivity index (χ4v) is 5.15. The molecule has 28 heavy (non-hydrogen) atoms. The Hall–Kier alpha value is -2.36. The van der Waals surface area contributed by atoms with E-state index >= 15 is 0 Å². The number of hydrogen-bond acceptors (Lipinski definition) is 8. The van der Waals surface area contributed by atoms with E-state index in [0.717, 1.165) is 31.4 Å². The van der Waals surface area contributed by atoms with Gasteiger partial charge in [-0.3, -0.25) is 10.1 Å². The van der Waals surface area contributed by atoms with Crippen LogP contribution in [-0.4, -0.2) is 31.8 Å². The van der Waals surface area contributed by atoms with Gasteiger partial charge in [0.2, 0.25) is 11.0 Å². The Labute approximate surface area is 174 Å². The van der Waals surface area contributed by atoms with Gasteiger partial charge in [0.15, 0.2) is 0 Å². The molecule has 6 nitrogen and oxygen atoms in total. The van der Waals surface area contributed by atoms with Crippen LogP contribution in [0.5, 0.6) is 0 Å². The van der Waals surface area contributed by atoms with Crippen molar-refractivity contribution in [3.63, 3.8) is 0 Å². The van der Waals surface area contributed by atoms with Crippen LogP contribution in [0, 0.1) is 0 Å². The molecule has 9 heteroatoms. The second-order valence-electron chi connectivity index (χ2n) is 6.31. The topological polar surface area (TPSA) is 80.7 Å². The number of nitrogens with zero attached hydrogens (tertiary/aromatic N) is 4. The van der Waals surface area contributed by atoms with Crippen LogP contribution in [-0.2, 0) is 4.79 Å². The third kappa shape index (κ3) is 4.06. The Balaban J connectivity index is 1.51. The molecule has 0 bridgehead atoms. The number of aromatic nitrogens is 4. The van der Waals surface area contributed by atoms with Crippen molar-refractivity contribution >= 4 is 55.7 Å². The zero-order valence-corrected chi connectivity index (χ0v) is 17.7. The predicted molar refractivity (Wildman–Crippen MR) is 116 cm³/mol. The van der Waals surface area contributed by atoms with Crippen LogP contribution in [0.25, 0.3) is 21.3 Å². The number of amides is 1. The number of nitrogens with one attached hydrogen (secondary N) is 1. The molecule has 1 amide bonds. The van der Waals surface area contributed by atoms with Crippen LogP contribution >= 0.6 is 34.4 Å². The maximum absolute atomic E-state index is 12.4. The van der Waals surface area contributed by atoms with Crippen LogP contribution in [0.3, 0.4) is 0 Å². The molecule has 1 N–H and O–H groups in total. The summed E-state index contributed by atoms with van der Waals surface area (Å²) in [5.41, 5.74) is 2.21. The fraction of sp³-hybridized carbons (Fsp3) is 0.211. The molecule has 0 radical (unpaired) electrons. The van der Waals surface area contributed by atoms with Gasteiger partial charge in [-0.25, -0.2) is 9.97 Å². The van der Waals surface area contributed by atoms with Gasteiger partial charge >= 0.3 is 0 Å². The van der Waals surface area contributed by atoms with Crippen molar-refractivity contribution in [1.29, 1.82) is 0 Å². The number of thioether (sulfide) groups is 1. The molecule has 142 valence electrons. The fourth-order valence-electron chi connectivity index (χ4n) is 2.59. The average molecular weight is 428 g/mol. The second kappa shape index (κ2) is 8.34. The molecule has 3 aromatic heterocycles. The molecule has 0 saturated heterocycles. The minimum absolute atomic E-state index is 0.125. The summed E-state index contributed by atoms with van der Waals surface area (Å²) in [6, 6.07) is 10.1. The van der Waals surface area contributed by atoms with Gasteiger partial charge in [0.25, 0.3) is 0 Å². The molecule has 0 fully saturated rings. The highest BCUT2D eigenvalue weighted by Crippen LogP contribution is 2.37. The van der Waals surface area contributed by atoms with E-state index in [-0.39, 0.29) is 11.7 Å². The van der Waals surface area contributed by atoms with Crippen LogP contribution < -0.4 is 5.32 Å². The first-order valence-corrected chi connectivity index (χ1v) is 11.3. The number of carbonyl (C=O) groups excluding carboxylic acids is 1. The summed E-state index contributed by atoms with van der Waals surface area (Å²) in [4.78, 5) is 22.1. The van der Waals surface area contributed by atoms with Crippen LogP contribution in [0.1, 0.15) is 24.8 Å². The van der Waals surface area contributed by atoms with E-state index in [9.17, 15) is 4.79 Å². The quantitative estimate of drug-likeness (QED) is 0.342. The van der Waals surface area contributed by atoms with E-state index in [1.807, 2.05) is 32.0 Å². The Morgan fingerprint density at radius 2 is 2.00 bits per heavy atom. The zero-order valence-electron chi connectivity index (χ0n) is 15.2. The van der Waals surface area contributed by atoms with Crippen molar-refractivity contribution < 1.29 is 4.79 Å². The number of benzene rings is 1. The van der Waals surface area contributed by atoms with E-state index in [4.69, 9.17) is 0 Å². The van der Waals surface area contributed by atoms with Crippen LogP contribution in [0.4, 0.5) is 5.13 Å². The summed E-state index contributed by atoms with van der Waals surface area (Å²) in [6.07, 6.45) is 1.55. The van der Waals surface area contributed by atoms with E-state index in [2.05, 4.69) is 43.0 Å². The van der Waals surface area contributed by atoms with Crippen LogP contribution in [0.15, 0.2) is 47.1 Å². The summed E-state index contributed by atoms with van der Waals surface area (Å²) in [5.74, 6) is 0.411. The van der Waals surface area contributed by atoms with Crippen molar-refractivity contribution in [2.24, 2.45) is 0 Å². The third-order valence-corrected chi connectivity index (χ3v) is 6.96. The van der Waals surface area contributed by atoms with E-state index in [0.29, 0.717) is 11.0 Å². The van der Waals surface area contributed by atoms with Gasteiger partial charge in [-0.2, -0.15) is 0 Å². The molecule has 0 spiro atoms. The number of thiophene rings is 1. The van der Waals surface area contributed by atoms with E-state index < -0.39 is 0 Å². The highest BCUT2D eigenvalue weighted by molar-refractivity contribution is 8.00. The van der Waals surface area contributed by atoms with Crippen molar-refractivity contribution in [1.82, 2.24) is 20.2 Å². The molecule has 0 unspecified atom stereocenters. The third-order valence-electron chi connectivity index (χ3n) is 3.94. The SMILES string of the molecule is CC(C)c1nnc(NC(=O)CSc2ncnc3scc(-c4ccccc4)c23)s1. The standard InChI is InChI=1S/C19H17N5OS3/c1-11(2)16-23-24-19(28-16)22-14(25)9-27-18-15-13(12-6-4-3-5-7-12)8-26-17(15)20-10-21-18/h3-8,10-11H,9H2,1-2H3,(H,22,24,25). The Morgan fingerprint density at radius 1 is 1.18 bits per heavy atom. The lowest BCUT2D eigenvalue weighted by Crippen LogP contribution is -2.14.